The number of carbonyl (C=O) groups is 1. The van der Waals surface area contributed by atoms with Gasteiger partial charge in [0.1, 0.15) is 21.9 Å². The second-order valence-corrected chi connectivity index (χ2v) is 15.1. The summed E-state index contributed by atoms with van der Waals surface area (Å²) < 4.78 is 49.7. The number of nitrogens with one attached hydrogen (secondary N) is 1. The molecule has 4 aromatic rings. The normalized spacial score (nSPS) is 21.1. The first-order valence-corrected chi connectivity index (χ1v) is 16.2. The van der Waals surface area contributed by atoms with Gasteiger partial charge in [0.2, 0.25) is 0 Å². The molecule has 4 heterocycles. The maximum atomic E-state index is 13.8. The van der Waals surface area contributed by atoms with Crippen LogP contribution < -0.4 is 9.46 Å². The van der Waals surface area contributed by atoms with Crippen LogP contribution in [0.4, 0.5) is 8.78 Å². The minimum atomic E-state index is -3.10. The third-order valence-electron chi connectivity index (χ3n) is 9.03. The number of halogens is 2. The van der Waals surface area contributed by atoms with Crippen LogP contribution in [0.5, 0.6) is 5.75 Å². The number of amides is 1. The van der Waals surface area contributed by atoms with Gasteiger partial charge in [-0.15, -0.1) is 4.72 Å². The Bertz CT molecular complexity index is 1840. The Morgan fingerprint density at radius 1 is 1.09 bits per heavy atom. The third-order valence-corrected chi connectivity index (χ3v) is 10.7. The molecule has 2 aromatic heterocycles. The van der Waals surface area contributed by atoms with E-state index in [0.717, 1.165) is 35.3 Å². The number of fused-ring (bicyclic) bond motifs is 9. The molecule has 3 aliphatic rings. The van der Waals surface area contributed by atoms with Gasteiger partial charge in [-0.1, -0.05) is 17.4 Å². The molecule has 230 valence electrons. The van der Waals surface area contributed by atoms with Crippen molar-refractivity contribution in [1.82, 2.24) is 29.1 Å². The molecule has 15 heteroatoms. The largest absolute Gasteiger partial charge is 0.598 e. The lowest BCUT2D eigenvalue weighted by Gasteiger charge is -2.42. The van der Waals surface area contributed by atoms with E-state index in [2.05, 4.69) is 4.72 Å². The monoisotopic (exact) mass is 636 g/mol. The van der Waals surface area contributed by atoms with Crippen LogP contribution in [-0.4, -0.2) is 75.0 Å². The van der Waals surface area contributed by atoms with Crippen molar-refractivity contribution in [2.24, 2.45) is 0 Å². The van der Waals surface area contributed by atoms with Gasteiger partial charge >= 0.3 is 6.61 Å². The summed E-state index contributed by atoms with van der Waals surface area (Å²) in [7, 11) is 18.4. The second kappa shape index (κ2) is 10.8. The smallest absolute Gasteiger partial charge is 0.387 e. The summed E-state index contributed by atoms with van der Waals surface area (Å²) in [5.41, 5.74) is 2.72. The SMILES string of the molecule is [B]C([B])([B])N1C(=O)c2cccc(OC(F)F)c2[C@H]2C[C@@H]1c1nc3ccc(-c4cnc(C5(N[S+]([O-])C(C)(C)C)CCC5)nc4)cc3n12. The minimum absolute atomic E-state index is 0.120. The summed E-state index contributed by atoms with van der Waals surface area (Å²) in [6.07, 6.45) is 6.30. The Morgan fingerprint density at radius 3 is 2.41 bits per heavy atom. The summed E-state index contributed by atoms with van der Waals surface area (Å²) in [5.74, 6) is 0.350. The molecule has 1 N–H and O–H groups in total. The number of imidazole rings is 1. The highest BCUT2D eigenvalue weighted by Gasteiger charge is 2.49. The molecule has 2 aromatic carbocycles. The molecule has 1 aliphatic carbocycles. The number of ether oxygens (including phenoxy) is 1. The van der Waals surface area contributed by atoms with Crippen molar-refractivity contribution < 1.29 is 22.9 Å². The molecule has 1 saturated carbocycles. The predicted octanol–water partition coefficient (Wildman–Crippen LogP) is 4.13. The molecular formula is C31H29B3F2N6O3S. The lowest BCUT2D eigenvalue weighted by molar-refractivity contribution is -0.0507. The lowest BCUT2D eigenvalue weighted by Crippen LogP contribution is -2.55. The first kappa shape index (κ1) is 31.2. The van der Waals surface area contributed by atoms with Crippen LogP contribution in [0.25, 0.3) is 22.2 Å². The zero-order valence-electron chi connectivity index (χ0n) is 25.5. The first-order chi connectivity index (χ1) is 21.7. The summed E-state index contributed by atoms with van der Waals surface area (Å²) in [6.45, 7) is 2.66. The number of benzene rings is 2. The Morgan fingerprint density at radius 2 is 1.80 bits per heavy atom. The van der Waals surface area contributed by atoms with Crippen molar-refractivity contribution in [2.45, 2.75) is 80.7 Å². The van der Waals surface area contributed by atoms with Gasteiger partial charge in [0.25, 0.3) is 5.91 Å². The van der Waals surface area contributed by atoms with Crippen molar-refractivity contribution in [1.29, 1.82) is 0 Å². The predicted molar refractivity (Wildman–Crippen MR) is 172 cm³/mol. The Hall–Kier alpha value is -3.42. The highest BCUT2D eigenvalue weighted by molar-refractivity contribution is 7.90. The number of aromatic nitrogens is 4. The van der Waals surface area contributed by atoms with Crippen LogP contribution in [0.2, 0.25) is 0 Å². The minimum Gasteiger partial charge on any atom is -0.598 e. The molecule has 9 nitrogen and oxygen atoms in total. The number of carbonyl (C=O) groups excluding carboxylic acids is 1. The van der Waals surface area contributed by atoms with Gasteiger partial charge < -0.3 is 18.8 Å². The second-order valence-electron chi connectivity index (χ2n) is 13.2. The van der Waals surface area contributed by atoms with Gasteiger partial charge in [-0.2, -0.15) is 8.78 Å². The zero-order chi connectivity index (χ0) is 32.8. The average molecular weight is 636 g/mol. The van der Waals surface area contributed by atoms with E-state index < -0.39 is 51.5 Å². The van der Waals surface area contributed by atoms with Crippen molar-refractivity contribution in [3.8, 4) is 16.9 Å². The van der Waals surface area contributed by atoms with Crippen LogP contribution in [0.3, 0.4) is 0 Å². The van der Waals surface area contributed by atoms with Crippen molar-refractivity contribution in [3.05, 3.63) is 71.6 Å². The number of hydrogen-bond acceptors (Lipinski definition) is 7. The molecule has 3 atom stereocenters. The first-order valence-electron chi connectivity index (χ1n) is 15.0. The number of alkyl halides is 2. The standard InChI is InChI=1S/C31H29B3F2N6O3S/c1-29(2,3)46(44)40-30(10-5-11-30)27-37-14-17(15-38-27)16-8-9-19-20(12-16)41-21-13-22(25(41)39-19)42(31(32,33)34)26(43)18-6-4-7-23(24(18)21)45-28(35)36/h4,6-9,12,14-15,21-22,28,40H,5,10-11,13H2,1-3H3/t21-,22-,46?/m1/s1. The molecule has 2 aliphatic heterocycles. The van der Waals surface area contributed by atoms with E-state index in [9.17, 15) is 18.1 Å². The van der Waals surface area contributed by atoms with E-state index in [1.807, 2.05) is 43.5 Å². The van der Waals surface area contributed by atoms with Crippen LogP contribution >= 0.6 is 0 Å². The maximum absolute atomic E-state index is 13.8. The Balaban J connectivity index is 1.31. The molecule has 1 unspecified atom stereocenters. The fourth-order valence-electron chi connectivity index (χ4n) is 6.69. The van der Waals surface area contributed by atoms with E-state index in [1.54, 1.807) is 12.4 Å². The molecule has 2 bridgehead atoms. The van der Waals surface area contributed by atoms with Crippen molar-refractivity contribution in [2.75, 3.05) is 0 Å². The van der Waals surface area contributed by atoms with Gasteiger partial charge in [0, 0.05) is 46.9 Å². The number of hydrogen-bond donors (Lipinski definition) is 1. The van der Waals surface area contributed by atoms with E-state index in [4.69, 9.17) is 43.2 Å². The highest BCUT2D eigenvalue weighted by atomic mass is 32.2. The fourth-order valence-corrected chi connectivity index (χ4v) is 7.65. The maximum Gasteiger partial charge on any atom is 0.387 e. The summed E-state index contributed by atoms with van der Waals surface area (Å²) >= 11 is -1.28. The third kappa shape index (κ3) is 5.02. The topological polar surface area (TPSA) is 108 Å². The van der Waals surface area contributed by atoms with Crippen LogP contribution in [0.15, 0.2) is 48.8 Å². The molecule has 0 spiro atoms. The Labute approximate surface area is 272 Å². The number of rotatable bonds is 7. The van der Waals surface area contributed by atoms with Gasteiger partial charge in [-0.25, -0.2) is 15.0 Å². The van der Waals surface area contributed by atoms with Gasteiger partial charge in [-0.3, -0.25) is 4.79 Å². The van der Waals surface area contributed by atoms with Gasteiger partial charge in [0.15, 0.2) is 5.82 Å². The molecule has 1 fully saturated rings. The highest BCUT2D eigenvalue weighted by Crippen LogP contribution is 2.51. The van der Waals surface area contributed by atoms with Crippen molar-refractivity contribution >= 4 is 51.8 Å². The lowest BCUT2D eigenvalue weighted by atomic mass is 9.48. The molecule has 7 rings (SSSR count). The summed E-state index contributed by atoms with van der Waals surface area (Å²) in [6, 6.07) is 8.73. The van der Waals surface area contributed by atoms with Crippen LogP contribution in [0, 0.1) is 0 Å². The molecule has 1 amide bonds. The summed E-state index contributed by atoms with van der Waals surface area (Å²) in [4.78, 5) is 29.2. The van der Waals surface area contributed by atoms with Crippen LogP contribution in [0.1, 0.15) is 86.1 Å². The molecular weight excluding hydrogens is 607 g/mol. The van der Waals surface area contributed by atoms with Gasteiger partial charge in [0.05, 0.1) is 46.7 Å². The number of nitrogens with zero attached hydrogens (tertiary/aromatic N) is 5. The van der Waals surface area contributed by atoms with Gasteiger partial charge in [-0.05, 0) is 69.9 Å². The quantitative estimate of drug-likeness (QED) is 0.240. The van der Waals surface area contributed by atoms with Crippen molar-refractivity contribution in [3.63, 3.8) is 0 Å². The zero-order valence-corrected chi connectivity index (χ0v) is 26.4. The van der Waals surface area contributed by atoms with Crippen LogP contribution in [-0.2, 0) is 16.9 Å². The summed E-state index contributed by atoms with van der Waals surface area (Å²) in [5, 5.41) is -2.06. The van der Waals surface area contributed by atoms with E-state index in [1.165, 1.54) is 18.2 Å². The fraction of sp³-hybridized carbons (Fsp3) is 0.419. The van der Waals surface area contributed by atoms with E-state index >= 15 is 0 Å². The molecule has 46 heavy (non-hydrogen) atoms. The molecule has 6 radical (unpaired) electrons. The Kier molecular flexibility index (Phi) is 7.33. The molecule has 0 saturated heterocycles. The van der Waals surface area contributed by atoms with E-state index in [0.29, 0.717) is 22.7 Å². The van der Waals surface area contributed by atoms with E-state index in [-0.39, 0.29) is 23.3 Å². The average Bonchev–Trinajstić information content (AvgIpc) is 3.46.